The summed E-state index contributed by atoms with van der Waals surface area (Å²) in [5.74, 6) is -0.899. The standard InChI is InChI=1S/C15H21NO6/c1-2-9-3-5-10(6-4-9)7-16-15(22)14(21)13(20)12(19)11(18)8-17/h2-6,11-14,17-21H,1,7-8H2,(H,16,22)/t11-,12+,13+,14+/m1/s1. The molecule has 0 saturated carbocycles. The van der Waals surface area contributed by atoms with E-state index in [2.05, 4.69) is 11.9 Å². The molecule has 0 unspecified atom stereocenters. The summed E-state index contributed by atoms with van der Waals surface area (Å²) in [7, 11) is 0. The molecule has 7 nitrogen and oxygen atoms in total. The monoisotopic (exact) mass is 311 g/mol. The van der Waals surface area contributed by atoms with Crippen LogP contribution in [0.2, 0.25) is 0 Å². The number of hydrogen-bond donors (Lipinski definition) is 6. The molecule has 1 aromatic carbocycles. The number of nitrogens with one attached hydrogen (secondary N) is 1. The molecule has 6 N–H and O–H groups in total. The summed E-state index contributed by atoms with van der Waals surface area (Å²) in [5.41, 5.74) is 1.70. The Labute approximate surface area is 128 Å². The number of amides is 1. The molecule has 0 saturated heterocycles. The van der Waals surface area contributed by atoms with Crippen molar-refractivity contribution in [2.45, 2.75) is 31.0 Å². The molecule has 122 valence electrons. The Morgan fingerprint density at radius 2 is 1.73 bits per heavy atom. The van der Waals surface area contributed by atoms with Gasteiger partial charge in [0.1, 0.15) is 18.3 Å². The van der Waals surface area contributed by atoms with E-state index < -0.39 is 36.9 Å². The Balaban J connectivity index is 2.54. The van der Waals surface area contributed by atoms with Crippen LogP contribution in [0.4, 0.5) is 0 Å². The van der Waals surface area contributed by atoms with Crippen molar-refractivity contribution in [2.75, 3.05) is 6.61 Å². The van der Waals surface area contributed by atoms with Gasteiger partial charge in [0.25, 0.3) is 5.91 Å². The zero-order valence-electron chi connectivity index (χ0n) is 12.0. The average molecular weight is 311 g/mol. The van der Waals surface area contributed by atoms with Gasteiger partial charge in [-0.2, -0.15) is 0 Å². The lowest BCUT2D eigenvalue weighted by Gasteiger charge is -2.24. The highest BCUT2D eigenvalue weighted by Gasteiger charge is 2.33. The smallest absolute Gasteiger partial charge is 0.251 e. The molecule has 4 atom stereocenters. The highest BCUT2D eigenvalue weighted by molar-refractivity contribution is 5.81. The molecule has 0 aliphatic rings. The van der Waals surface area contributed by atoms with Gasteiger partial charge in [0.15, 0.2) is 6.10 Å². The van der Waals surface area contributed by atoms with Crippen molar-refractivity contribution in [3.63, 3.8) is 0 Å². The largest absolute Gasteiger partial charge is 0.394 e. The number of carbonyl (C=O) groups is 1. The summed E-state index contributed by atoms with van der Waals surface area (Å²) >= 11 is 0. The van der Waals surface area contributed by atoms with Gasteiger partial charge in [0, 0.05) is 6.54 Å². The van der Waals surface area contributed by atoms with Gasteiger partial charge in [-0.25, -0.2) is 0 Å². The molecule has 0 spiro atoms. The van der Waals surface area contributed by atoms with E-state index in [0.717, 1.165) is 11.1 Å². The third kappa shape index (κ3) is 4.90. The van der Waals surface area contributed by atoms with E-state index in [1.54, 1.807) is 30.3 Å². The maximum Gasteiger partial charge on any atom is 0.251 e. The van der Waals surface area contributed by atoms with Gasteiger partial charge in [0.05, 0.1) is 6.61 Å². The molecule has 1 amide bonds. The normalized spacial score (nSPS) is 16.4. The molecule has 0 radical (unpaired) electrons. The van der Waals surface area contributed by atoms with Gasteiger partial charge >= 0.3 is 0 Å². The van der Waals surface area contributed by atoms with Crippen LogP contribution in [0.5, 0.6) is 0 Å². The van der Waals surface area contributed by atoms with Crippen LogP contribution in [0.1, 0.15) is 11.1 Å². The maximum absolute atomic E-state index is 11.7. The molecule has 0 aliphatic carbocycles. The Morgan fingerprint density at radius 3 is 2.23 bits per heavy atom. The first kappa shape index (κ1) is 18.3. The van der Waals surface area contributed by atoms with Gasteiger partial charge in [-0.15, -0.1) is 0 Å². The number of aliphatic hydroxyl groups excluding tert-OH is 5. The van der Waals surface area contributed by atoms with E-state index in [1.807, 2.05) is 0 Å². The molecular formula is C15H21NO6. The second kappa shape index (κ2) is 8.62. The molecule has 0 bridgehead atoms. The fourth-order valence-corrected chi connectivity index (χ4v) is 1.74. The van der Waals surface area contributed by atoms with Crippen molar-refractivity contribution in [1.82, 2.24) is 5.32 Å². The molecule has 1 rings (SSSR count). The van der Waals surface area contributed by atoms with Gasteiger partial charge < -0.3 is 30.8 Å². The van der Waals surface area contributed by atoms with Crippen LogP contribution in [-0.4, -0.2) is 62.5 Å². The molecular weight excluding hydrogens is 290 g/mol. The van der Waals surface area contributed by atoms with E-state index in [9.17, 15) is 25.2 Å². The minimum absolute atomic E-state index is 0.124. The lowest BCUT2D eigenvalue weighted by molar-refractivity contribution is -0.149. The predicted octanol–water partition coefficient (Wildman–Crippen LogP) is -1.62. The predicted molar refractivity (Wildman–Crippen MR) is 79.5 cm³/mol. The molecule has 0 heterocycles. The minimum atomic E-state index is -1.93. The second-order valence-electron chi connectivity index (χ2n) is 4.84. The fraction of sp³-hybridized carbons (Fsp3) is 0.400. The number of rotatable bonds is 8. The summed E-state index contributed by atoms with van der Waals surface area (Å²) in [6, 6.07) is 7.15. The Hall–Kier alpha value is -1.77. The molecule has 7 heteroatoms. The SMILES string of the molecule is C=Cc1ccc(CNC(=O)[C@@H](O)[C@@H](O)[C@@H](O)[C@H](O)CO)cc1. The molecule has 0 aliphatic heterocycles. The minimum Gasteiger partial charge on any atom is -0.394 e. The lowest BCUT2D eigenvalue weighted by Crippen LogP contribution is -2.51. The summed E-state index contributed by atoms with van der Waals surface area (Å²) in [6.07, 6.45) is -5.65. The van der Waals surface area contributed by atoms with E-state index in [1.165, 1.54) is 0 Å². The number of carbonyl (C=O) groups excluding carboxylic acids is 1. The topological polar surface area (TPSA) is 130 Å². The van der Waals surface area contributed by atoms with Crippen molar-refractivity contribution < 1.29 is 30.3 Å². The Kier molecular flexibility index (Phi) is 7.16. The van der Waals surface area contributed by atoms with Crippen LogP contribution < -0.4 is 5.32 Å². The fourth-order valence-electron chi connectivity index (χ4n) is 1.74. The first-order chi connectivity index (χ1) is 10.4. The van der Waals surface area contributed by atoms with Crippen molar-refractivity contribution in [2.24, 2.45) is 0 Å². The Morgan fingerprint density at radius 1 is 1.14 bits per heavy atom. The highest BCUT2D eigenvalue weighted by Crippen LogP contribution is 2.07. The number of aliphatic hydroxyl groups is 5. The summed E-state index contributed by atoms with van der Waals surface area (Å²) in [5, 5.41) is 48.9. The van der Waals surface area contributed by atoms with Crippen LogP contribution in [0.25, 0.3) is 6.08 Å². The van der Waals surface area contributed by atoms with E-state index in [-0.39, 0.29) is 6.54 Å². The van der Waals surface area contributed by atoms with E-state index in [4.69, 9.17) is 5.11 Å². The van der Waals surface area contributed by atoms with Gasteiger partial charge in [0.2, 0.25) is 0 Å². The lowest BCUT2D eigenvalue weighted by atomic mass is 10.0. The number of benzene rings is 1. The third-order valence-corrected chi connectivity index (χ3v) is 3.21. The van der Waals surface area contributed by atoms with Crippen LogP contribution in [-0.2, 0) is 11.3 Å². The van der Waals surface area contributed by atoms with E-state index >= 15 is 0 Å². The summed E-state index contributed by atoms with van der Waals surface area (Å²) in [4.78, 5) is 11.7. The molecule has 0 aromatic heterocycles. The molecule has 22 heavy (non-hydrogen) atoms. The van der Waals surface area contributed by atoms with Crippen LogP contribution >= 0.6 is 0 Å². The van der Waals surface area contributed by atoms with Crippen LogP contribution in [0.3, 0.4) is 0 Å². The van der Waals surface area contributed by atoms with Crippen molar-refractivity contribution >= 4 is 12.0 Å². The van der Waals surface area contributed by atoms with E-state index in [0.29, 0.717) is 0 Å². The van der Waals surface area contributed by atoms with Gasteiger partial charge in [-0.05, 0) is 11.1 Å². The molecule has 1 aromatic rings. The first-order valence-electron chi connectivity index (χ1n) is 6.73. The van der Waals surface area contributed by atoms with Gasteiger partial charge in [-0.1, -0.05) is 36.9 Å². The molecule has 0 fully saturated rings. The van der Waals surface area contributed by atoms with Crippen molar-refractivity contribution in [1.29, 1.82) is 0 Å². The van der Waals surface area contributed by atoms with Crippen LogP contribution in [0.15, 0.2) is 30.8 Å². The van der Waals surface area contributed by atoms with Gasteiger partial charge in [-0.3, -0.25) is 4.79 Å². The van der Waals surface area contributed by atoms with Crippen molar-refractivity contribution in [3.8, 4) is 0 Å². The maximum atomic E-state index is 11.7. The quantitative estimate of drug-likeness (QED) is 0.342. The zero-order chi connectivity index (χ0) is 16.7. The third-order valence-electron chi connectivity index (χ3n) is 3.21. The van der Waals surface area contributed by atoms with Crippen molar-refractivity contribution in [3.05, 3.63) is 42.0 Å². The first-order valence-corrected chi connectivity index (χ1v) is 6.73. The summed E-state index contributed by atoms with van der Waals surface area (Å²) < 4.78 is 0. The van der Waals surface area contributed by atoms with Crippen LogP contribution in [0, 0.1) is 0 Å². The average Bonchev–Trinajstić information content (AvgIpc) is 2.57. The second-order valence-corrected chi connectivity index (χ2v) is 4.84. The number of hydrogen-bond acceptors (Lipinski definition) is 6. The zero-order valence-corrected chi connectivity index (χ0v) is 12.0. The Bertz CT molecular complexity index is 489. The highest BCUT2D eigenvalue weighted by atomic mass is 16.4. The summed E-state index contributed by atoms with van der Waals surface area (Å²) in [6.45, 7) is 2.94.